The number of carbonyl (C=O) groups excluding carboxylic acids is 1. The largest absolute Gasteiger partial charge is 0.426 e. The third-order valence-corrected chi connectivity index (χ3v) is 11.3. The highest BCUT2D eigenvalue weighted by Crippen LogP contribution is 2.52. The van der Waals surface area contributed by atoms with Crippen LogP contribution in [0.4, 0.5) is 13.2 Å². The summed E-state index contributed by atoms with van der Waals surface area (Å²) in [6.45, 7) is 4.86. The molecule has 4 rings (SSSR count). The van der Waals surface area contributed by atoms with Crippen LogP contribution in [0.1, 0.15) is 89.5 Å². The number of carbonyl (C=O) groups is 1. The second-order valence-electron chi connectivity index (χ2n) is 11.9. The van der Waals surface area contributed by atoms with Gasteiger partial charge in [-0.15, -0.1) is 0 Å². The van der Waals surface area contributed by atoms with Crippen molar-refractivity contribution in [3.05, 3.63) is 54.1 Å². The summed E-state index contributed by atoms with van der Waals surface area (Å²) in [6, 6.07) is 12.1. The van der Waals surface area contributed by atoms with Crippen LogP contribution in [-0.2, 0) is 11.0 Å². The van der Waals surface area contributed by atoms with Crippen LogP contribution in [0.2, 0.25) is 12.1 Å². The Morgan fingerprint density at radius 3 is 2.08 bits per heavy atom. The lowest BCUT2D eigenvalue weighted by Crippen LogP contribution is -2.37. The van der Waals surface area contributed by atoms with Gasteiger partial charge in [-0.05, 0) is 91.7 Å². The van der Waals surface area contributed by atoms with E-state index < -0.39 is 11.7 Å². The van der Waals surface area contributed by atoms with E-state index >= 15 is 0 Å². The smallest absolute Gasteiger partial charge is 0.416 e. The molecule has 2 saturated carbocycles. The Labute approximate surface area is 228 Å². The second kappa shape index (κ2) is 12.8. The molecule has 0 N–H and O–H groups in total. The summed E-state index contributed by atoms with van der Waals surface area (Å²) in [7, 11) is 0.0950. The zero-order valence-electron chi connectivity index (χ0n) is 23.0. The van der Waals surface area contributed by atoms with Crippen molar-refractivity contribution in [3.8, 4) is 16.9 Å². The Bertz CT molecular complexity index is 1020. The van der Waals surface area contributed by atoms with Crippen molar-refractivity contribution in [2.75, 3.05) is 0 Å². The molecule has 208 valence electrons. The van der Waals surface area contributed by atoms with Crippen LogP contribution in [0.25, 0.3) is 11.1 Å². The van der Waals surface area contributed by atoms with Gasteiger partial charge in [-0.2, -0.15) is 13.2 Å². The summed E-state index contributed by atoms with van der Waals surface area (Å²) in [5.74, 6) is 1.03. The zero-order chi connectivity index (χ0) is 27.2. The van der Waals surface area contributed by atoms with Crippen molar-refractivity contribution >= 4 is 15.5 Å². The maximum absolute atomic E-state index is 13.0. The normalized spacial score (nSPS) is 22.9. The molecule has 0 heterocycles. The number of alkyl halides is 3. The van der Waals surface area contributed by atoms with Crippen molar-refractivity contribution < 1.29 is 22.7 Å². The fourth-order valence-corrected chi connectivity index (χ4v) is 7.53. The molecule has 2 aromatic carbocycles. The SMILES string of the molecule is C[SiH2]C(C)CCCC1([C@H]2CC[C@H](C(=O)Oc3ccc(-c4ccc(C(F)(F)F)cc4)cc3)CC2)CCCCC1. The third-order valence-electron chi connectivity index (χ3n) is 9.46. The van der Waals surface area contributed by atoms with E-state index in [9.17, 15) is 18.0 Å². The molecule has 0 aromatic heterocycles. The van der Waals surface area contributed by atoms with E-state index in [1.54, 1.807) is 24.3 Å². The Kier molecular flexibility index (Phi) is 9.77. The molecular weight excluding hydrogens is 501 g/mol. The van der Waals surface area contributed by atoms with Gasteiger partial charge in [0.15, 0.2) is 0 Å². The quantitative estimate of drug-likeness (QED) is 0.179. The average molecular weight is 545 g/mol. The molecule has 2 aliphatic rings. The van der Waals surface area contributed by atoms with Gasteiger partial charge in [0, 0.05) is 9.52 Å². The van der Waals surface area contributed by atoms with Crippen molar-refractivity contribution in [1.82, 2.24) is 0 Å². The third kappa shape index (κ3) is 7.31. The fraction of sp³-hybridized carbons (Fsp3) is 0.594. The van der Waals surface area contributed by atoms with Gasteiger partial charge in [0.2, 0.25) is 0 Å². The van der Waals surface area contributed by atoms with Crippen LogP contribution >= 0.6 is 0 Å². The predicted molar refractivity (Wildman–Crippen MR) is 151 cm³/mol. The number of halogens is 3. The molecule has 1 atom stereocenters. The summed E-state index contributed by atoms with van der Waals surface area (Å²) >= 11 is 0. The number of hydrogen-bond donors (Lipinski definition) is 0. The Morgan fingerprint density at radius 1 is 0.947 bits per heavy atom. The van der Waals surface area contributed by atoms with E-state index in [-0.39, 0.29) is 21.4 Å². The molecule has 2 nitrogen and oxygen atoms in total. The first-order valence-corrected chi connectivity index (χ1v) is 16.9. The molecule has 2 aromatic rings. The Balaban J connectivity index is 1.30. The van der Waals surface area contributed by atoms with Crippen LogP contribution < -0.4 is 4.74 Å². The Hall–Kier alpha value is -2.08. The number of ether oxygens (including phenoxy) is 1. The standard InChI is InChI=1S/C32H43F3O2Si/c1-23(38-2)7-6-22-31(20-4-3-5-21-31)27-14-10-26(11-15-27)30(36)37-29-18-12-25(13-19-29)24-8-16-28(17-9-24)32(33,34)35/h8-9,12-13,16-19,23,26-27H,3-7,10-11,14-15,20-22,38H2,1-2H3/t23?,26-,27-. The van der Waals surface area contributed by atoms with E-state index in [0.29, 0.717) is 16.7 Å². The minimum atomic E-state index is -4.35. The highest BCUT2D eigenvalue weighted by atomic mass is 28.2. The molecule has 0 bridgehead atoms. The highest BCUT2D eigenvalue weighted by Gasteiger charge is 2.42. The van der Waals surface area contributed by atoms with Gasteiger partial charge in [0.25, 0.3) is 0 Å². The average Bonchev–Trinajstić information content (AvgIpc) is 2.93. The van der Waals surface area contributed by atoms with Gasteiger partial charge in [-0.25, -0.2) is 0 Å². The van der Waals surface area contributed by atoms with Gasteiger partial charge in [0.05, 0.1) is 11.5 Å². The number of benzene rings is 2. The van der Waals surface area contributed by atoms with Gasteiger partial charge in [-0.1, -0.05) is 75.4 Å². The van der Waals surface area contributed by atoms with Crippen LogP contribution in [0.5, 0.6) is 5.75 Å². The number of esters is 1. The summed E-state index contributed by atoms with van der Waals surface area (Å²) in [5.41, 5.74) is 2.26. The summed E-state index contributed by atoms with van der Waals surface area (Å²) < 4.78 is 44.2. The molecule has 2 fully saturated rings. The summed E-state index contributed by atoms with van der Waals surface area (Å²) in [5, 5.41) is 0. The first-order valence-electron chi connectivity index (χ1n) is 14.7. The van der Waals surface area contributed by atoms with E-state index in [1.807, 2.05) is 0 Å². The molecule has 0 amide bonds. The van der Waals surface area contributed by atoms with Crippen LogP contribution in [-0.4, -0.2) is 15.5 Å². The van der Waals surface area contributed by atoms with Gasteiger partial charge in [0.1, 0.15) is 5.75 Å². The van der Waals surface area contributed by atoms with Gasteiger partial charge < -0.3 is 4.74 Å². The first-order chi connectivity index (χ1) is 18.2. The maximum Gasteiger partial charge on any atom is 0.416 e. The summed E-state index contributed by atoms with van der Waals surface area (Å²) in [4.78, 5) is 13.0. The lowest BCUT2D eigenvalue weighted by molar-refractivity contribution is -0.141. The molecule has 2 aliphatic carbocycles. The molecule has 1 unspecified atom stereocenters. The summed E-state index contributed by atoms with van der Waals surface area (Å²) in [6.07, 6.45) is 10.7. The Morgan fingerprint density at radius 2 is 1.53 bits per heavy atom. The van der Waals surface area contributed by atoms with Crippen LogP contribution in [0.15, 0.2) is 48.5 Å². The fourth-order valence-electron chi connectivity index (χ4n) is 6.83. The van der Waals surface area contributed by atoms with Gasteiger partial charge in [-0.3, -0.25) is 4.79 Å². The molecule has 38 heavy (non-hydrogen) atoms. The molecule has 0 saturated heterocycles. The lowest BCUT2D eigenvalue weighted by atomic mass is 9.59. The van der Waals surface area contributed by atoms with Crippen LogP contribution in [0.3, 0.4) is 0 Å². The predicted octanol–water partition coefficient (Wildman–Crippen LogP) is 9.23. The minimum Gasteiger partial charge on any atom is -0.426 e. The van der Waals surface area contributed by atoms with Crippen molar-refractivity contribution in [1.29, 1.82) is 0 Å². The van der Waals surface area contributed by atoms with E-state index in [2.05, 4.69) is 13.5 Å². The molecule has 6 heteroatoms. The molecule has 0 spiro atoms. The molecule has 0 aliphatic heterocycles. The molecule has 0 radical (unpaired) electrons. The second-order valence-corrected chi connectivity index (χ2v) is 14.1. The van der Waals surface area contributed by atoms with E-state index in [1.165, 1.54) is 63.5 Å². The molecular formula is C32H43F3O2Si. The minimum absolute atomic E-state index is 0.0485. The lowest BCUT2D eigenvalue weighted by Gasteiger charge is -2.47. The van der Waals surface area contributed by atoms with Crippen molar-refractivity contribution in [2.45, 2.75) is 102 Å². The zero-order valence-corrected chi connectivity index (χ0v) is 24.4. The van der Waals surface area contributed by atoms with E-state index in [0.717, 1.165) is 54.8 Å². The number of hydrogen-bond acceptors (Lipinski definition) is 2. The highest BCUT2D eigenvalue weighted by molar-refractivity contribution is 6.35. The van der Waals surface area contributed by atoms with Crippen LogP contribution in [0, 0.1) is 17.3 Å². The first kappa shape index (κ1) is 28.9. The van der Waals surface area contributed by atoms with Crippen molar-refractivity contribution in [3.63, 3.8) is 0 Å². The maximum atomic E-state index is 13.0. The van der Waals surface area contributed by atoms with Gasteiger partial charge >= 0.3 is 12.1 Å². The topological polar surface area (TPSA) is 26.3 Å². The number of rotatable bonds is 9. The van der Waals surface area contributed by atoms with Crippen molar-refractivity contribution in [2.24, 2.45) is 17.3 Å². The monoisotopic (exact) mass is 544 g/mol. The van der Waals surface area contributed by atoms with E-state index in [4.69, 9.17) is 4.74 Å².